The molecule has 8 heteroatoms. The lowest BCUT2D eigenvalue weighted by Gasteiger charge is -2.14. The van der Waals surface area contributed by atoms with Crippen molar-refractivity contribution in [3.05, 3.63) is 53.1 Å². The Morgan fingerprint density at radius 1 is 0.931 bits per heavy atom. The summed E-state index contributed by atoms with van der Waals surface area (Å²) in [6, 6.07) is 11.3. The molecule has 8 nitrogen and oxygen atoms in total. The molecule has 0 aliphatic carbocycles. The highest BCUT2D eigenvalue weighted by Gasteiger charge is 2.17. The Bertz CT molecular complexity index is 974. The highest BCUT2D eigenvalue weighted by molar-refractivity contribution is 6.10. The van der Waals surface area contributed by atoms with E-state index < -0.39 is 11.9 Å². The molecular weight excluding hydrogens is 376 g/mol. The summed E-state index contributed by atoms with van der Waals surface area (Å²) < 4.78 is 20.5. The van der Waals surface area contributed by atoms with Crippen LogP contribution in [0.2, 0.25) is 0 Å². The second kappa shape index (κ2) is 9.80. The molecule has 0 radical (unpaired) electrons. The van der Waals surface area contributed by atoms with Crippen molar-refractivity contribution in [2.24, 2.45) is 0 Å². The zero-order chi connectivity index (χ0) is 21.4. The van der Waals surface area contributed by atoms with Crippen LogP contribution in [0, 0.1) is 11.3 Å². The lowest BCUT2D eigenvalue weighted by molar-refractivity contribution is -0.112. The van der Waals surface area contributed by atoms with Crippen LogP contribution >= 0.6 is 0 Å². The number of hydrogen-bond acceptors (Lipinski definition) is 7. The molecule has 2 rings (SSSR count). The van der Waals surface area contributed by atoms with E-state index in [4.69, 9.17) is 14.2 Å². The zero-order valence-corrected chi connectivity index (χ0v) is 16.4. The van der Waals surface area contributed by atoms with Gasteiger partial charge in [-0.3, -0.25) is 4.79 Å². The summed E-state index contributed by atoms with van der Waals surface area (Å²) in [5.41, 5.74) is 1.09. The van der Waals surface area contributed by atoms with E-state index >= 15 is 0 Å². The number of carbonyl (C=O) groups is 2. The molecule has 0 heterocycles. The average molecular weight is 396 g/mol. The SMILES string of the molecule is COC(=O)c1ccc(NC(=O)/C(C#N)=C\c2ccc(OC)c(OC)c2OC)cc1. The second-order valence-corrected chi connectivity index (χ2v) is 5.62. The number of benzene rings is 2. The predicted octanol–water partition coefficient (Wildman–Crippen LogP) is 3.04. The van der Waals surface area contributed by atoms with Crippen molar-refractivity contribution in [1.29, 1.82) is 5.26 Å². The molecule has 0 aliphatic heterocycles. The molecule has 2 aromatic rings. The van der Waals surface area contributed by atoms with Gasteiger partial charge in [0, 0.05) is 11.3 Å². The molecule has 0 fully saturated rings. The van der Waals surface area contributed by atoms with Gasteiger partial charge in [0.05, 0.1) is 34.0 Å². The molecule has 150 valence electrons. The summed E-state index contributed by atoms with van der Waals surface area (Å²) >= 11 is 0. The molecule has 1 amide bonds. The lowest BCUT2D eigenvalue weighted by Crippen LogP contribution is -2.13. The van der Waals surface area contributed by atoms with E-state index in [-0.39, 0.29) is 5.57 Å². The molecule has 0 unspecified atom stereocenters. The third-order valence-corrected chi connectivity index (χ3v) is 3.96. The Kier molecular flexibility index (Phi) is 7.20. The summed E-state index contributed by atoms with van der Waals surface area (Å²) in [6.45, 7) is 0. The second-order valence-electron chi connectivity index (χ2n) is 5.62. The van der Waals surface area contributed by atoms with Crippen LogP contribution in [0.5, 0.6) is 17.2 Å². The van der Waals surface area contributed by atoms with Gasteiger partial charge in [0.1, 0.15) is 11.6 Å². The van der Waals surface area contributed by atoms with E-state index in [1.807, 2.05) is 6.07 Å². The molecule has 0 spiro atoms. The van der Waals surface area contributed by atoms with E-state index in [0.717, 1.165) is 0 Å². The number of methoxy groups -OCH3 is 4. The first kappa shape index (κ1) is 21.3. The molecule has 29 heavy (non-hydrogen) atoms. The topological polar surface area (TPSA) is 107 Å². The normalized spacial score (nSPS) is 10.5. The molecule has 1 N–H and O–H groups in total. The van der Waals surface area contributed by atoms with Crippen molar-refractivity contribution < 1.29 is 28.5 Å². The van der Waals surface area contributed by atoms with Gasteiger partial charge in [-0.2, -0.15) is 5.26 Å². The molecule has 0 aromatic heterocycles. The van der Waals surface area contributed by atoms with Crippen molar-refractivity contribution in [1.82, 2.24) is 0 Å². The van der Waals surface area contributed by atoms with Crippen molar-refractivity contribution in [3.63, 3.8) is 0 Å². The Balaban J connectivity index is 2.31. The highest BCUT2D eigenvalue weighted by Crippen LogP contribution is 2.40. The highest BCUT2D eigenvalue weighted by atomic mass is 16.5. The van der Waals surface area contributed by atoms with Crippen molar-refractivity contribution in [2.45, 2.75) is 0 Å². The van der Waals surface area contributed by atoms with Crippen LogP contribution in [0.1, 0.15) is 15.9 Å². The fraction of sp³-hybridized carbons (Fsp3) is 0.190. The number of nitriles is 1. The van der Waals surface area contributed by atoms with Gasteiger partial charge in [-0.15, -0.1) is 0 Å². The molecule has 0 aliphatic rings. The summed E-state index contributed by atoms with van der Waals surface area (Å²) in [4.78, 5) is 24.0. The number of amides is 1. The Morgan fingerprint density at radius 2 is 1.59 bits per heavy atom. The maximum Gasteiger partial charge on any atom is 0.337 e. The maximum atomic E-state index is 12.5. The van der Waals surface area contributed by atoms with Gasteiger partial charge in [0.15, 0.2) is 11.5 Å². The van der Waals surface area contributed by atoms with Crippen LogP contribution in [-0.4, -0.2) is 40.3 Å². The minimum atomic E-state index is -0.616. The van der Waals surface area contributed by atoms with Crippen molar-refractivity contribution >= 4 is 23.6 Å². The van der Waals surface area contributed by atoms with Gasteiger partial charge in [-0.25, -0.2) is 4.79 Å². The third kappa shape index (κ3) is 4.84. The van der Waals surface area contributed by atoms with Crippen LogP contribution < -0.4 is 19.5 Å². The van der Waals surface area contributed by atoms with Gasteiger partial charge in [0.25, 0.3) is 5.91 Å². The first-order valence-corrected chi connectivity index (χ1v) is 8.39. The lowest BCUT2D eigenvalue weighted by atomic mass is 10.1. The summed E-state index contributed by atoms with van der Waals surface area (Å²) in [5.74, 6) is 0.0287. The smallest absolute Gasteiger partial charge is 0.337 e. The maximum absolute atomic E-state index is 12.5. The van der Waals surface area contributed by atoms with Gasteiger partial charge < -0.3 is 24.3 Å². The van der Waals surface area contributed by atoms with Gasteiger partial charge >= 0.3 is 5.97 Å². The minimum absolute atomic E-state index is 0.146. The van der Waals surface area contributed by atoms with E-state index in [1.54, 1.807) is 12.1 Å². The monoisotopic (exact) mass is 396 g/mol. The van der Waals surface area contributed by atoms with E-state index in [0.29, 0.717) is 34.1 Å². The number of ether oxygens (including phenoxy) is 4. The number of anilines is 1. The third-order valence-electron chi connectivity index (χ3n) is 3.96. The van der Waals surface area contributed by atoms with Crippen molar-refractivity contribution in [2.75, 3.05) is 33.8 Å². The van der Waals surface area contributed by atoms with Crippen LogP contribution in [0.4, 0.5) is 5.69 Å². The van der Waals surface area contributed by atoms with E-state index in [2.05, 4.69) is 10.1 Å². The van der Waals surface area contributed by atoms with Gasteiger partial charge in [-0.05, 0) is 42.5 Å². The first-order valence-electron chi connectivity index (χ1n) is 8.39. The summed E-state index contributed by atoms with van der Waals surface area (Å²) in [6.07, 6.45) is 1.39. The molecular formula is C21H20N2O6. The van der Waals surface area contributed by atoms with Gasteiger partial charge in [0.2, 0.25) is 5.75 Å². The molecule has 0 saturated heterocycles. The standard InChI is InChI=1S/C21H20N2O6/c1-26-17-10-7-14(18(27-2)19(17)28-3)11-15(12-22)20(24)23-16-8-5-13(6-9-16)21(25)29-4/h5-11H,1-4H3,(H,23,24)/b15-11-. The fourth-order valence-corrected chi connectivity index (χ4v) is 2.55. The van der Waals surface area contributed by atoms with Crippen LogP contribution in [0.15, 0.2) is 42.0 Å². The zero-order valence-electron chi connectivity index (χ0n) is 16.4. The molecule has 0 saturated carbocycles. The van der Waals surface area contributed by atoms with Gasteiger partial charge in [-0.1, -0.05) is 0 Å². The number of nitrogens with zero attached hydrogens (tertiary/aromatic N) is 1. The largest absolute Gasteiger partial charge is 0.493 e. The van der Waals surface area contributed by atoms with E-state index in [1.165, 1.54) is 58.8 Å². The molecule has 0 bridgehead atoms. The average Bonchev–Trinajstić information content (AvgIpc) is 2.76. The number of esters is 1. The Labute approximate surface area is 168 Å². The fourth-order valence-electron chi connectivity index (χ4n) is 2.55. The first-order chi connectivity index (χ1) is 14.0. The number of rotatable bonds is 7. The molecule has 0 atom stereocenters. The van der Waals surface area contributed by atoms with Crippen LogP contribution in [-0.2, 0) is 9.53 Å². The van der Waals surface area contributed by atoms with Crippen molar-refractivity contribution in [3.8, 4) is 23.3 Å². The van der Waals surface area contributed by atoms with Crippen LogP contribution in [0.25, 0.3) is 6.08 Å². The predicted molar refractivity (Wildman–Crippen MR) is 106 cm³/mol. The quantitative estimate of drug-likeness (QED) is 0.435. The van der Waals surface area contributed by atoms with E-state index in [9.17, 15) is 14.9 Å². The Hall–Kier alpha value is -3.99. The number of carbonyl (C=O) groups excluding carboxylic acids is 2. The summed E-state index contributed by atoms with van der Waals surface area (Å²) in [5, 5.41) is 12.0. The number of hydrogen-bond donors (Lipinski definition) is 1. The summed E-state index contributed by atoms with van der Waals surface area (Å²) in [7, 11) is 5.68. The molecule has 2 aromatic carbocycles. The van der Waals surface area contributed by atoms with Crippen LogP contribution in [0.3, 0.4) is 0 Å². The minimum Gasteiger partial charge on any atom is -0.493 e. The number of nitrogens with one attached hydrogen (secondary N) is 1. The Morgan fingerprint density at radius 3 is 2.10 bits per heavy atom.